The lowest BCUT2D eigenvalue weighted by Gasteiger charge is -2.14. The molecule has 0 aliphatic carbocycles. The number of thiophene rings is 1. The first kappa shape index (κ1) is 17.8. The molecule has 0 aliphatic rings. The van der Waals surface area contributed by atoms with Gasteiger partial charge in [0.1, 0.15) is 10.6 Å². The summed E-state index contributed by atoms with van der Waals surface area (Å²) in [5, 5.41) is 4.52. The molecule has 0 spiro atoms. The van der Waals surface area contributed by atoms with Gasteiger partial charge in [-0.15, -0.1) is 11.3 Å². The van der Waals surface area contributed by atoms with Crippen molar-refractivity contribution in [3.63, 3.8) is 0 Å². The van der Waals surface area contributed by atoms with E-state index in [1.54, 1.807) is 31.4 Å². The zero-order valence-corrected chi connectivity index (χ0v) is 15.2. The zero-order chi connectivity index (χ0) is 18.5. The fourth-order valence-electron chi connectivity index (χ4n) is 2.37. The molecule has 0 unspecified atom stereocenters. The van der Waals surface area contributed by atoms with Crippen molar-refractivity contribution in [2.24, 2.45) is 0 Å². The van der Waals surface area contributed by atoms with Gasteiger partial charge in [-0.25, -0.2) is 4.79 Å². The van der Waals surface area contributed by atoms with Crippen LogP contribution < -0.4 is 10.1 Å². The molecule has 6 nitrogen and oxygen atoms in total. The quantitative estimate of drug-likeness (QED) is 0.671. The molecular weight excluding hydrogens is 352 g/mol. The van der Waals surface area contributed by atoms with Crippen LogP contribution in [0.4, 0.5) is 5.69 Å². The Morgan fingerprint density at radius 2 is 1.92 bits per heavy atom. The minimum atomic E-state index is -0.937. The molecule has 1 N–H and O–H groups in total. The number of carbonyl (C=O) groups is 2. The highest BCUT2D eigenvalue weighted by molar-refractivity contribution is 7.12. The molecule has 3 aromatic rings. The molecule has 1 amide bonds. The number of hydrogen-bond acceptors (Lipinski definition) is 5. The second kappa shape index (κ2) is 7.88. The van der Waals surface area contributed by atoms with Crippen molar-refractivity contribution in [1.82, 2.24) is 4.57 Å². The van der Waals surface area contributed by atoms with Crippen molar-refractivity contribution in [3.8, 4) is 11.4 Å². The van der Waals surface area contributed by atoms with Gasteiger partial charge < -0.3 is 19.4 Å². The molecule has 134 valence electrons. The van der Waals surface area contributed by atoms with Gasteiger partial charge in [0, 0.05) is 24.1 Å². The number of rotatable bonds is 6. The monoisotopic (exact) mass is 370 g/mol. The predicted molar refractivity (Wildman–Crippen MR) is 100 cm³/mol. The van der Waals surface area contributed by atoms with Crippen molar-refractivity contribution < 1.29 is 19.1 Å². The van der Waals surface area contributed by atoms with E-state index in [0.717, 1.165) is 5.69 Å². The van der Waals surface area contributed by atoms with Gasteiger partial charge in [0.05, 0.1) is 12.8 Å². The average Bonchev–Trinajstić information content (AvgIpc) is 3.32. The van der Waals surface area contributed by atoms with E-state index in [9.17, 15) is 9.59 Å². The number of nitrogens with one attached hydrogen (secondary N) is 1. The summed E-state index contributed by atoms with van der Waals surface area (Å²) < 4.78 is 12.3. The highest BCUT2D eigenvalue weighted by atomic mass is 32.1. The third kappa shape index (κ3) is 3.94. The first-order chi connectivity index (χ1) is 12.6. The topological polar surface area (TPSA) is 69.6 Å². The largest absolute Gasteiger partial charge is 0.497 e. The van der Waals surface area contributed by atoms with E-state index in [-0.39, 0.29) is 0 Å². The van der Waals surface area contributed by atoms with E-state index in [0.29, 0.717) is 16.3 Å². The van der Waals surface area contributed by atoms with Gasteiger partial charge in [-0.2, -0.15) is 0 Å². The Labute approximate surface area is 155 Å². The predicted octanol–water partition coefficient (Wildman–Crippen LogP) is 3.73. The van der Waals surface area contributed by atoms with Gasteiger partial charge in [0.25, 0.3) is 5.91 Å². The van der Waals surface area contributed by atoms with Crippen molar-refractivity contribution in [2.75, 3.05) is 12.4 Å². The molecule has 1 atom stereocenters. The van der Waals surface area contributed by atoms with Gasteiger partial charge in [-0.1, -0.05) is 6.07 Å². The number of benzene rings is 1. The summed E-state index contributed by atoms with van der Waals surface area (Å²) in [4.78, 5) is 25.2. The Morgan fingerprint density at radius 3 is 2.65 bits per heavy atom. The van der Waals surface area contributed by atoms with Crippen LogP contribution in [0.25, 0.3) is 5.69 Å². The number of aromatic nitrogens is 1. The van der Waals surface area contributed by atoms with Gasteiger partial charge in [0.2, 0.25) is 0 Å². The minimum absolute atomic E-state index is 0.411. The normalized spacial score (nSPS) is 11.6. The molecule has 3 rings (SSSR count). The number of methoxy groups -OCH3 is 1. The summed E-state index contributed by atoms with van der Waals surface area (Å²) in [5.41, 5.74) is 1.30. The third-order valence-electron chi connectivity index (χ3n) is 3.70. The van der Waals surface area contributed by atoms with Crippen LogP contribution in [0, 0.1) is 0 Å². The number of esters is 1. The fraction of sp³-hybridized carbons (Fsp3) is 0.158. The molecule has 0 bridgehead atoms. The third-order valence-corrected chi connectivity index (χ3v) is 4.59. The first-order valence-electron chi connectivity index (χ1n) is 7.95. The second-order valence-electron chi connectivity index (χ2n) is 5.49. The second-order valence-corrected chi connectivity index (χ2v) is 6.41. The number of hydrogen-bond donors (Lipinski definition) is 1. The van der Waals surface area contributed by atoms with Gasteiger partial charge >= 0.3 is 5.97 Å². The summed E-state index contributed by atoms with van der Waals surface area (Å²) >= 11 is 1.27. The van der Waals surface area contributed by atoms with Crippen LogP contribution in [0.15, 0.2) is 60.2 Å². The Balaban J connectivity index is 1.66. The van der Waals surface area contributed by atoms with Crippen LogP contribution in [0.2, 0.25) is 0 Å². The van der Waals surface area contributed by atoms with Crippen LogP contribution in [0.1, 0.15) is 16.6 Å². The van der Waals surface area contributed by atoms with E-state index in [1.807, 2.05) is 40.5 Å². The molecule has 26 heavy (non-hydrogen) atoms. The first-order valence-corrected chi connectivity index (χ1v) is 8.83. The van der Waals surface area contributed by atoms with E-state index in [2.05, 4.69) is 5.32 Å². The van der Waals surface area contributed by atoms with E-state index in [1.165, 1.54) is 18.3 Å². The zero-order valence-electron chi connectivity index (χ0n) is 14.3. The number of carbonyl (C=O) groups excluding carboxylic acids is 2. The maximum Gasteiger partial charge on any atom is 0.351 e. The summed E-state index contributed by atoms with van der Waals surface area (Å²) in [6.45, 7) is 1.54. The Morgan fingerprint density at radius 1 is 1.15 bits per heavy atom. The smallest absolute Gasteiger partial charge is 0.351 e. The summed E-state index contributed by atoms with van der Waals surface area (Å²) in [5.74, 6) is -0.315. The van der Waals surface area contributed by atoms with Crippen LogP contribution in [0.3, 0.4) is 0 Å². The van der Waals surface area contributed by atoms with Crippen LogP contribution >= 0.6 is 11.3 Å². The summed E-state index contributed by atoms with van der Waals surface area (Å²) in [6.07, 6.45) is 2.75. The molecule has 2 heterocycles. The number of amides is 1. The van der Waals surface area contributed by atoms with Crippen molar-refractivity contribution in [3.05, 3.63) is 65.1 Å². The fourth-order valence-corrected chi connectivity index (χ4v) is 3.14. The maximum atomic E-state index is 12.5. The lowest BCUT2D eigenvalue weighted by molar-refractivity contribution is -0.123. The van der Waals surface area contributed by atoms with Crippen molar-refractivity contribution >= 4 is 28.9 Å². The maximum absolute atomic E-state index is 12.5. The molecule has 0 saturated heterocycles. The van der Waals surface area contributed by atoms with Gasteiger partial charge in [0.15, 0.2) is 6.10 Å². The lowest BCUT2D eigenvalue weighted by atomic mass is 10.3. The molecular formula is C19H18N2O4S. The molecule has 0 radical (unpaired) electrons. The molecule has 1 aromatic carbocycles. The highest BCUT2D eigenvalue weighted by Crippen LogP contribution is 2.23. The summed E-state index contributed by atoms with van der Waals surface area (Å²) in [6, 6.07) is 12.5. The average molecular weight is 370 g/mol. The number of nitrogens with zero attached hydrogens (tertiary/aromatic N) is 1. The molecule has 7 heteroatoms. The molecule has 2 aromatic heterocycles. The molecule has 0 saturated carbocycles. The van der Waals surface area contributed by atoms with Crippen molar-refractivity contribution in [2.45, 2.75) is 13.0 Å². The standard InChI is InChI=1S/C19H18N2O4S/c1-13(18(22)20-14-6-5-7-15(12-14)24-2)25-19(23)17-16(8-11-26-17)21-9-3-4-10-21/h3-13H,1-2H3,(H,20,22)/t13-/m1/s1. The molecule has 0 aliphatic heterocycles. The van der Waals surface area contributed by atoms with E-state index >= 15 is 0 Å². The summed E-state index contributed by atoms with van der Waals surface area (Å²) in [7, 11) is 1.55. The number of anilines is 1. The molecule has 0 fully saturated rings. The lowest BCUT2D eigenvalue weighted by Crippen LogP contribution is -2.30. The minimum Gasteiger partial charge on any atom is -0.497 e. The van der Waals surface area contributed by atoms with E-state index < -0.39 is 18.0 Å². The Kier molecular flexibility index (Phi) is 5.38. The van der Waals surface area contributed by atoms with Crippen molar-refractivity contribution in [1.29, 1.82) is 0 Å². The van der Waals surface area contributed by atoms with E-state index in [4.69, 9.17) is 9.47 Å². The highest BCUT2D eigenvalue weighted by Gasteiger charge is 2.22. The Hall–Kier alpha value is -3.06. The van der Waals surface area contributed by atoms with Crippen LogP contribution in [-0.2, 0) is 9.53 Å². The van der Waals surface area contributed by atoms with Crippen LogP contribution in [0.5, 0.6) is 5.75 Å². The Bertz CT molecular complexity index is 902. The van der Waals surface area contributed by atoms with Crippen LogP contribution in [-0.4, -0.2) is 29.7 Å². The SMILES string of the molecule is COc1cccc(NC(=O)[C@@H](C)OC(=O)c2sccc2-n2cccc2)c1. The van der Waals surface area contributed by atoms with Gasteiger partial charge in [-0.3, -0.25) is 4.79 Å². The number of ether oxygens (including phenoxy) is 2. The van der Waals surface area contributed by atoms with Gasteiger partial charge in [-0.05, 0) is 42.6 Å².